The summed E-state index contributed by atoms with van der Waals surface area (Å²) in [5.41, 5.74) is 0.387. The molecule has 0 spiro atoms. The van der Waals surface area contributed by atoms with E-state index in [0.29, 0.717) is 5.56 Å². The zero-order chi connectivity index (χ0) is 12.2. The molecule has 16 heavy (non-hydrogen) atoms. The van der Waals surface area contributed by atoms with Crippen LogP contribution >= 0.6 is 0 Å². The fourth-order valence-electron chi connectivity index (χ4n) is 1.19. The molecule has 0 aliphatic carbocycles. The van der Waals surface area contributed by atoms with Crippen molar-refractivity contribution < 1.29 is 17.3 Å². The largest absolute Gasteiger partial charge is 0.382 e. The summed E-state index contributed by atoms with van der Waals surface area (Å²) in [5, 5.41) is 8.82. The summed E-state index contributed by atoms with van der Waals surface area (Å²) in [4.78, 5) is 0. The molecule has 0 N–H and O–H groups in total. The van der Waals surface area contributed by atoms with E-state index in [9.17, 15) is 8.42 Å². The summed E-state index contributed by atoms with van der Waals surface area (Å²) in [6.45, 7) is 0. The van der Waals surface area contributed by atoms with Crippen LogP contribution in [0.25, 0.3) is 0 Å². The fourth-order valence-corrected chi connectivity index (χ4v) is 1.66. The van der Waals surface area contributed by atoms with Crippen LogP contribution in [0.4, 0.5) is 0 Å². The van der Waals surface area contributed by atoms with Crippen LogP contribution in [0.3, 0.4) is 0 Å². The van der Waals surface area contributed by atoms with Crippen LogP contribution in [0.15, 0.2) is 24.3 Å². The third-order valence-electron chi connectivity index (χ3n) is 1.80. The number of rotatable bonds is 4. The Bertz CT molecular complexity index is 504. The molecule has 0 aromatic heterocycles. The van der Waals surface area contributed by atoms with E-state index in [1.165, 1.54) is 13.2 Å². The van der Waals surface area contributed by atoms with Crippen molar-refractivity contribution in [2.24, 2.45) is 0 Å². The Morgan fingerprint density at radius 2 is 2.00 bits per heavy atom. The van der Waals surface area contributed by atoms with E-state index in [2.05, 4.69) is 0 Å². The van der Waals surface area contributed by atoms with Crippen molar-refractivity contribution in [1.82, 2.24) is 0 Å². The predicted octanol–water partition coefficient (Wildman–Crippen LogP) is 1.24. The molecule has 86 valence electrons. The highest BCUT2D eigenvalue weighted by atomic mass is 32.2. The third-order valence-corrected chi connectivity index (χ3v) is 2.28. The number of para-hydroxylation sites is 1. The number of hydrogen-bond acceptors (Lipinski definition) is 5. The minimum Gasteiger partial charge on any atom is -0.382 e. The molecule has 5 nitrogen and oxygen atoms in total. The number of hydrogen-bond donors (Lipinski definition) is 0. The van der Waals surface area contributed by atoms with Gasteiger partial charge >= 0.3 is 10.1 Å². The lowest BCUT2D eigenvalue weighted by atomic mass is 10.1. The summed E-state index contributed by atoms with van der Waals surface area (Å²) in [6, 6.07) is 8.24. The van der Waals surface area contributed by atoms with Gasteiger partial charge in [0.05, 0.1) is 12.3 Å². The predicted molar refractivity (Wildman–Crippen MR) is 57.3 cm³/mol. The number of benzene rings is 1. The zero-order valence-electron chi connectivity index (χ0n) is 8.88. The Balaban J connectivity index is 3.16. The molecule has 1 aromatic carbocycles. The molecular weight excluding hydrogens is 230 g/mol. The average molecular weight is 241 g/mol. The molecular formula is C10H11NO4S. The van der Waals surface area contributed by atoms with Gasteiger partial charge in [-0.2, -0.15) is 13.7 Å². The van der Waals surface area contributed by atoms with Crippen molar-refractivity contribution in [3.8, 4) is 11.8 Å². The molecule has 0 saturated carbocycles. The van der Waals surface area contributed by atoms with Gasteiger partial charge < -0.3 is 8.92 Å². The van der Waals surface area contributed by atoms with Gasteiger partial charge in [0, 0.05) is 12.7 Å². The van der Waals surface area contributed by atoms with Crippen molar-refractivity contribution in [3.63, 3.8) is 0 Å². The van der Waals surface area contributed by atoms with Gasteiger partial charge in [-0.15, -0.1) is 0 Å². The van der Waals surface area contributed by atoms with Crippen LogP contribution in [0, 0.1) is 11.3 Å². The first-order chi connectivity index (χ1) is 7.48. The van der Waals surface area contributed by atoms with Gasteiger partial charge in [0.15, 0.2) is 6.10 Å². The van der Waals surface area contributed by atoms with Gasteiger partial charge in [-0.25, -0.2) is 0 Å². The third kappa shape index (κ3) is 3.22. The molecule has 0 saturated heterocycles. The van der Waals surface area contributed by atoms with Crippen LogP contribution in [0.5, 0.6) is 5.75 Å². The van der Waals surface area contributed by atoms with E-state index in [4.69, 9.17) is 14.2 Å². The van der Waals surface area contributed by atoms with E-state index in [1.54, 1.807) is 18.2 Å². The van der Waals surface area contributed by atoms with E-state index >= 15 is 0 Å². The minimum absolute atomic E-state index is 0.110. The number of nitrogens with zero attached hydrogens (tertiary/aromatic N) is 1. The van der Waals surface area contributed by atoms with Crippen LogP contribution < -0.4 is 4.18 Å². The molecule has 1 rings (SSSR count). The van der Waals surface area contributed by atoms with Crippen LogP contribution in [0.2, 0.25) is 0 Å². The maximum absolute atomic E-state index is 11.0. The molecule has 0 aliphatic rings. The highest BCUT2D eigenvalue weighted by molar-refractivity contribution is 7.86. The second-order valence-corrected chi connectivity index (χ2v) is 4.65. The van der Waals surface area contributed by atoms with Crippen molar-refractivity contribution in [1.29, 1.82) is 5.26 Å². The second-order valence-electron chi connectivity index (χ2n) is 3.07. The van der Waals surface area contributed by atoms with Crippen molar-refractivity contribution in [3.05, 3.63) is 29.8 Å². The lowest BCUT2D eigenvalue weighted by molar-refractivity contribution is 0.147. The van der Waals surface area contributed by atoms with Gasteiger partial charge in [-0.05, 0) is 6.07 Å². The van der Waals surface area contributed by atoms with Crippen LogP contribution in [-0.4, -0.2) is 21.8 Å². The summed E-state index contributed by atoms with van der Waals surface area (Å²) < 4.78 is 31.7. The van der Waals surface area contributed by atoms with E-state index < -0.39 is 16.2 Å². The quantitative estimate of drug-likeness (QED) is 0.741. The molecule has 0 heterocycles. The Labute approximate surface area is 94.3 Å². The number of nitriles is 1. The average Bonchev–Trinajstić information content (AvgIpc) is 2.20. The molecule has 0 fully saturated rings. The standard InChI is InChI=1S/C10H11NO4S/c1-14-10(7-11)8-5-3-4-6-9(8)15-16(2,12)13/h3-6,10H,1-2H3. The van der Waals surface area contributed by atoms with Crippen LogP contribution in [-0.2, 0) is 14.9 Å². The SMILES string of the molecule is COC(C#N)c1ccccc1OS(C)(=O)=O. The van der Waals surface area contributed by atoms with Crippen molar-refractivity contribution in [2.75, 3.05) is 13.4 Å². The van der Waals surface area contributed by atoms with Crippen LogP contribution in [0.1, 0.15) is 11.7 Å². The molecule has 1 unspecified atom stereocenters. The zero-order valence-corrected chi connectivity index (χ0v) is 9.69. The molecule has 0 amide bonds. The molecule has 0 bridgehead atoms. The Morgan fingerprint density at radius 3 is 2.50 bits per heavy atom. The molecule has 1 atom stereocenters. The maximum atomic E-state index is 11.0. The first-order valence-electron chi connectivity index (χ1n) is 4.38. The Morgan fingerprint density at radius 1 is 1.38 bits per heavy atom. The van der Waals surface area contributed by atoms with Gasteiger partial charge in [-0.3, -0.25) is 0 Å². The minimum atomic E-state index is -3.61. The smallest absolute Gasteiger partial charge is 0.306 e. The Hall–Kier alpha value is -1.58. The fraction of sp³-hybridized carbons (Fsp3) is 0.300. The maximum Gasteiger partial charge on any atom is 0.306 e. The van der Waals surface area contributed by atoms with E-state index in [-0.39, 0.29) is 5.75 Å². The Kier molecular flexibility index (Phi) is 3.88. The number of ether oxygens (including phenoxy) is 1. The lowest BCUT2D eigenvalue weighted by Gasteiger charge is -2.12. The van der Waals surface area contributed by atoms with E-state index in [1.807, 2.05) is 6.07 Å². The normalized spacial score (nSPS) is 12.8. The van der Waals surface area contributed by atoms with Crippen molar-refractivity contribution in [2.45, 2.75) is 6.10 Å². The molecule has 0 aliphatic heterocycles. The summed E-state index contributed by atoms with van der Waals surface area (Å²) >= 11 is 0. The first kappa shape index (κ1) is 12.5. The van der Waals surface area contributed by atoms with Crippen molar-refractivity contribution >= 4 is 10.1 Å². The summed E-state index contributed by atoms with van der Waals surface area (Å²) in [5.74, 6) is 0.110. The van der Waals surface area contributed by atoms with Gasteiger partial charge in [0.2, 0.25) is 0 Å². The molecule has 6 heteroatoms. The van der Waals surface area contributed by atoms with Gasteiger partial charge in [0.1, 0.15) is 5.75 Å². The highest BCUT2D eigenvalue weighted by Gasteiger charge is 2.17. The van der Waals surface area contributed by atoms with Gasteiger partial charge in [0.25, 0.3) is 0 Å². The second kappa shape index (κ2) is 4.96. The monoisotopic (exact) mass is 241 g/mol. The lowest BCUT2D eigenvalue weighted by Crippen LogP contribution is -2.09. The topological polar surface area (TPSA) is 76.4 Å². The summed E-state index contributed by atoms with van der Waals surface area (Å²) in [6.07, 6.45) is 0.0933. The first-order valence-corrected chi connectivity index (χ1v) is 6.20. The summed E-state index contributed by atoms with van der Waals surface area (Å²) in [7, 11) is -2.25. The number of methoxy groups -OCH3 is 1. The highest BCUT2D eigenvalue weighted by Crippen LogP contribution is 2.27. The molecule has 0 radical (unpaired) electrons. The molecule has 1 aromatic rings. The van der Waals surface area contributed by atoms with Gasteiger partial charge in [-0.1, -0.05) is 18.2 Å². The van der Waals surface area contributed by atoms with E-state index in [0.717, 1.165) is 6.26 Å².